The summed E-state index contributed by atoms with van der Waals surface area (Å²) < 4.78 is 0. The van der Waals surface area contributed by atoms with Crippen LogP contribution >= 0.6 is 11.2 Å². The van der Waals surface area contributed by atoms with Crippen LogP contribution in [-0.4, -0.2) is 25.7 Å². The van der Waals surface area contributed by atoms with Gasteiger partial charge in [0, 0.05) is 12.8 Å². The number of aliphatic imine (C=N–C) groups is 1. The van der Waals surface area contributed by atoms with Crippen molar-refractivity contribution in [1.82, 2.24) is 0 Å². The van der Waals surface area contributed by atoms with Crippen LogP contribution in [0.1, 0.15) is 17.5 Å². The van der Waals surface area contributed by atoms with Crippen LogP contribution in [0.5, 0.6) is 0 Å². The Hall–Kier alpha value is -0.543. The second-order valence-electron chi connectivity index (χ2n) is 5.21. The molecule has 0 atom stereocenters. The lowest BCUT2D eigenvalue weighted by Gasteiger charge is -2.13. The predicted octanol–water partition coefficient (Wildman–Crippen LogP) is 4.37. The van der Waals surface area contributed by atoms with E-state index in [2.05, 4.69) is 67.0 Å². The summed E-state index contributed by atoms with van der Waals surface area (Å²) in [4.78, 5) is 4.50. The van der Waals surface area contributed by atoms with Crippen LogP contribution in [0.4, 0.5) is 0 Å². The number of hydrogen-bond donors (Lipinski definition) is 0. The van der Waals surface area contributed by atoms with E-state index in [0.717, 1.165) is 6.54 Å². The molecule has 0 bridgehead atoms. The Kier molecular flexibility index (Phi) is 5.99. The maximum atomic E-state index is 4.50. The zero-order chi connectivity index (χ0) is 12.7. The average molecular weight is 265 g/mol. The van der Waals surface area contributed by atoms with Gasteiger partial charge in [-0.3, -0.25) is 4.99 Å². The van der Waals surface area contributed by atoms with E-state index < -0.39 is 7.22 Å². The third kappa shape index (κ3) is 6.69. The molecule has 17 heavy (non-hydrogen) atoms. The summed E-state index contributed by atoms with van der Waals surface area (Å²) in [6.45, 7) is 10.3. The Morgan fingerprint density at radius 3 is 2.59 bits per heavy atom. The summed E-state index contributed by atoms with van der Waals surface area (Å²) in [6, 6.07) is 8.38. The summed E-state index contributed by atoms with van der Waals surface area (Å²) in [5.41, 5.74) is 2.54. The highest BCUT2D eigenvalue weighted by Gasteiger charge is 2.12. The molecule has 1 aromatic rings. The van der Waals surface area contributed by atoms with E-state index in [1.807, 2.05) is 6.21 Å². The Balaban J connectivity index is 2.25. The summed E-state index contributed by atoms with van der Waals surface area (Å²) in [7, 11) is -0.925. The molecule has 0 aromatic heterocycles. The Labute approximate surface area is 110 Å². The van der Waals surface area contributed by atoms with E-state index in [1.165, 1.54) is 23.3 Å². The van der Waals surface area contributed by atoms with Crippen LogP contribution in [0.25, 0.3) is 0 Å². The molecule has 0 radical (unpaired) electrons. The fourth-order valence-corrected chi connectivity index (χ4v) is 4.58. The molecule has 1 aromatic carbocycles. The molecule has 0 heterocycles. The van der Waals surface area contributed by atoms with Crippen molar-refractivity contribution in [3.8, 4) is 0 Å². The first-order valence-corrected chi connectivity index (χ1v) is 11.4. The van der Waals surface area contributed by atoms with E-state index >= 15 is 0 Å². The van der Waals surface area contributed by atoms with E-state index in [1.54, 1.807) is 0 Å². The van der Waals surface area contributed by atoms with Gasteiger partial charge in [0.1, 0.15) is 7.22 Å². The number of benzene rings is 1. The molecular weight excluding hydrogens is 242 g/mol. The summed E-state index contributed by atoms with van der Waals surface area (Å²) in [5.74, 6) is 1.25. The quantitative estimate of drug-likeness (QED) is 0.422. The normalized spacial score (nSPS) is 12.2. The Morgan fingerprint density at radius 2 is 1.94 bits per heavy atom. The largest absolute Gasteiger partial charge is 0.293 e. The van der Waals surface area contributed by atoms with E-state index in [0.29, 0.717) is 0 Å². The molecule has 0 saturated heterocycles. The first-order valence-electron chi connectivity index (χ1n) is 6.18. The molecule has 3 heteroatoms. The van der Waals surface area contributed by atoms with Gasteiger partial charge in [-0.25, -0.2) is 0 Å². The number of nitrogens with zero attached hydrogens (tertiary/aromatic N) is 1. The van der Waals surface area contributed by atoms with Crippen LogP contribution in [0.15, 0.2) is 29.3 Å². The average Bonchev–Trinajstić information content (AvgIpc) is 2.24. The van der Waals surface area contributed by atoms with Crippen LogP contribution < -0.4 is 0 Å². The molecule has 0 unspecified atom stereocenters. The lowest BCUT2D eigenvalue weighted by molar-refractivity contribution is 0.949. The number of rotatable bonds is 6. The third-order valence-electron chi connectivity index (χ3n) is 2.39. The van der Waals surface area contributed by atoms with Gasteiger partial charge in [-0.15, -0.1) is 0 Å². The molecule has 0 aliphatic heterocycles. The molecule has 1 nitrogen and oxygen atoms in total. The molecule has 0 fully saturated rings. The van der Waals surface area contributed by atoms with Crippen LogP contribution in [-0.2, 0) is 0 Å². The molecule has 0 aliphatic rings. The molecule has 0 spiro atoms. The minimum atomic E-state index is -0.925. The minimum Gasteiger partial charge on any atom is -0.293 e. The van der Waals surface area contributed by atoms with E-state index in [4.69, 9.17) is 0 Å². The molecule has 0 N–H and O–H groups in total. The van der Waals surface area contributed by atoms with Crippen molar-refractivity contribution in [3.05, 3.63) is 35.4 Å². The van der Waals surface area contributed by atoms with Gasteiger partial charge in [-0.2, -0.15) is 11.2 Å². The van der Waals surface area contributed by atoms with Gasteiger partial charge in [-0.05, 0) is 30.2 Å². The highest BCUT2D eigenvalue weighted by atomic mass is 32.4. The van der Waals surface area contributed by atoms with Gasteiger partial charge in [-0.1, -0.05) is 43.9 Å². The maximum Gasteiger partial charge on any atom is 0.108 e. The standard InChI is InChI=1S/C14H23NSSi/c1-13-8-5-6-9-14(13)12-15-10-7-11-16-17(2,3)4/h5-6,8-9,12H,7,10-11H2,1-4H3/b15-12-. The van der Waals surface area contributed by atoms with Crippen molar-refractivity contribution >= 4 is 24.6 Å². The van der Waals surface area contributed by atoms with Crippen molar-refractivity contribution in [2.24, 2.45) is 4.99 Å². The van der Waals surface area contributed by atoms with Gasteiger partial charge in [0.25, 0.3) is 0 Å². The predicted molar refractivity (Wildman–Crippen MR) is 84.1 cm³/mol. The van der Waals surface area contributed by atoms with Gasteiger partial charge >= 0.3 is 0 Å². The smallest absolute Gasteiger partial charge is 0.108 e. The first-order chi connectivity index (χ1) is 7.99. The molecule has 94 valence electrons. The van der Waals surface area contributed by atoms with Crippen molar-refractivity contribution in [2.45, 2.75) is 33.0 Å². The zero-order valence-corrected chi connectivity index (χ0v) is 13.2. The first kappa shape index (κ1) is 14.5. The lowest BCUT2D eigenvalue weighted by Crippen LogP contribution is -2.14. The van der Waals surface area contributed by atoms with Gasteiger partial charge < -0.3 is 0 Å². The second kappa shape index (κ2) is 7.02. The second-order valence-corrected chi connectivity index (χ2v) is 14.7. The third-order valence-corrected chi connectivity index (χ3v) is 6.95. The summed E-state index contributed by atoms with van der Waals surface area (Å²) >= 11 is 2.15. The lowest BCUT2D eigenvalue weighted by atomic mass is 10.1. The highest BCUT2D eigenvalue weighted by molar-refractivity contribution is 8.28. The molecular formula is C14H23NSSi. The van der Waals surface area contributed by atoms with E-state index in [-0.39, 0.29) is 0 Å². The Bertz CT molecular complexity index is 369. The van der Waals surface area contributed by atoms with E-state index in [9.17, 15) is 0 Å². The van der Waals surface area contributed by atoms with Crippen molar-refractivity contribution in [3.63, 3.8) is 0 Å². The maximum absolute atomic E-state index is 4.50. The van der Waals surface area contributed by atoms with Crippen LogP contribution in [0.2, 0.25) is 19.6 Å². The Morgan fingerprint density at radius 1 is 1.24 bits per heavy atom. The van der Waals surface area contributed by atoms with Crippen LogP contribution in [0, 0.1) is 6.92 Å². The van der Waals surface area contributed by atoms with Gasteiger partial charge in [0.05, 0.1) is 0 Å². The fourth-order valence-electron chi connectivity index (χ4n) is 1.43. The summed E-state index contributed by atoms with van der Waals surface area (Å²) in [6.07, 6.45) is 3.20. The molecule has 0 aliphatic carbocycles. The minimum absolute atomic E-state index is 0.925. The monoisotopic (exact) mass is 265 g/mol. The van der Waals surface area contributed by atoms with Crippen molar-refractivity contribution in [1.29, 1.82) is 0 Å². The van der Waals surface area contributed by atoms with Gasteiger partial charge in [0.15, 0.2) is 0 Å². The zero-order valence-electron chi connectivity index (χ0n) is 11.4. The number of aryl methyl sites for hydroxylation is 1. The van der Waals surface area contributed by atoms with Crippen molar-refractivity contribution in [2.75, 3.05) is 12.3 Å². The van der Waals surface area contributed by atoms with Gasteiger partial charge in [0.2, 0.25) is 0 Å². The summed E-state index contributed by atoms with van der Waals surface area (Å²) in [5, 5.41) is 0. The van der Waals surface area contributed by atoms with Crippen molar-refractivity contribution < 1.29 is 0 Å². The van der Waals surface area contributed by atoms with Crippen LogP contribution in [0.3, 0.4) is 0 Å². The topological polar surface area (TPSA) is 12.4 Å². The molecule has 1 rings (SSSR count). The SMILES string of the molecule is Cc1ccccc1/C=N\CCCS[Si](C)(C)C. The fraction of sp³-hybridized carbons (Fsp3) is 0.500. The number of hydrogen-bond acceptors (Lipinski definition) is 2. The molecule has 0 amide bonds. The molecule has 0 saturated carbocycles. The highest BCUT2D eigenvalue weighted by Crippen LogP contribution is 2.19.